The average molecular weight is 293 g/mol. The lowest BCUT2D eigenvalue weighted by molar-refractivity contribution is -0.402. The zero-order valence-electron chi connectivity index (χ0n) is 10.9. The van der Waals surface area contributed by atoms with Crippen molar-refractivity contribution in [2.24, 2.45) is 0 Å². The lowest BCUT2D eigenvalue weighted by Gasteiger charge is -2.09. The normalized spacial score (nSPS) is 10.2. The van der Waals surface area contributed by atoms with E-state index in [2.05, 4.69) is 0 Å². The number of furan rings is 1. The van der Waals surface area contributed by atoms with E-state index in [0.29, 0.717) is 5.56 Å². The highest BCUT2D eigenvalue weighted by atomic mass is 16.7. The number of carbonyl (C=O) groups is 1. The van der Waals surface area contributed by atoms with Crippen molar-refractivity contribution in [3.63, 3.8) is 0 Å². The number of hydrogen-bond acceptors (Lipinski definition) is 7. The van der Waals surface area contributed by atoms with Crippen molar-refractivity contribution in [1.29, 1.82) is 0 Å². The molecule has 0 fully saturated rings. The van der Waals surface area contributed by atoms with Gasteiger partial charge < -0.3 is 19.0 Å². The lowest BCUT2D eigenvalue weighted by Crippen LogP contribution is -2.08. The maximum absolute atomic E-state index is 11.8. The highest BCUT2D eigenvalue weighted by Crippen LogP contribution is 2.29. The van der Waals surface area contributed by atoms with Gasteiger partial charge in [0.2, 0.25) is 5.76 Å². The number of carbonyl (C=O) groups excluding carboxylic acids is 1. The first kappa shape index (κ1) is 14.5. The fourth-order valence-electron chi connectivity index (χ4n) is 1.58. The van der Waals surface area contributed by atoms with Gasteiger partial charge in [-0.15, -0.1) is 0 Å². The van der Waals surface area contributed by atoms with Gasteiger partial charge in [-0.25, -0.2) is 4.79 Å². The van der Waals surface area contributed by atoms with Crippen molar-refractivity contribution in [1.82, 2.24) is 0 Å². The van der Waals surface area contributed by atoms with Gasteiger partial charge in [-0.3, -0.25) is 10.1 Å². The van der Waals surface area contributed by atoms with Crippen molar-refractivity contribution in [2.75, 3.05) is 7.11 Å². The Morgan fingerprint density at radius 1 is 1.33 bits per heavy atom. The van der Waals surface area contributed by atoms with Crippen LogP contribution in [0.15, 0.2) is 34.7 Å². The van der Waals surface area contributed by atoms with Gasteiger partial charge in [0.25, 0.3) is 0 Å². The number of hydrogen-bond donors (Lipinski definition) is 1. The number of aliphatic hydroxyl groups is 1. The minimum absolute atomic E-state index is 0.110. The molecule has 0 unspecified atom stereocenters. The second-order valence-electron chi connectivity index (χ2n) is 3.93. The van der Waals surface area contributed by atoms with Gasteiger partial charge in [-0.05, 0) is 23.8 Å². The first-order valence-corrected chi connectivity index (χ1v) is 5.79. The van der Waals surface area contributed by atoms with Gasteiger partial charge in [-0.2, -0.15) is 0 Å². The summed E-state index contributed by atoms with van der Waals surface area (Å²) in [4.78, 5) is 21.6. The molecule has 0 atom stereocenters. The van der Waals surface area contributed by atoms with Gasteiger partial charge >= 0.3 is 11.9 Å². The molecule has 21 heavy (non-hydrogen) atoms. The van der Waals surface area contributed by atoms with Crippen LogP contribution in [-0.2, 0) is 6.61 Å². The second kappa shape index (κ2) is 6.06. The molecule has 110 valence electrons. The van der Waals surface area contributed by atoms with E-state index in [9.17, 15) is 14.9 Å². The van der Waals surface area contributed by atoms with Gasteiger partial charge in [0, 0.05) is 0 Å². The standard InChI is InChI=1S/C13H11NO7/c1-19-11-6-8(7-15)2-3-9(11)21-13(16)10-4-5-12(20-10)14(17)18/h2-6,15H,7H2,1H3. The van der Waals surface area contributed by atoms with E-state index < -0.39 is 16.8 Å². The van der Waals surface area contributed by atoms with Crippen molar-refractivity contribution < 1.29 is 28.7 Å². The van der Waals surface area contributed by atoms with E-state index in [1.807, 2.05) is 0 Å². The number of esters is 1. The SMILES string of the molecule is COc1cc(CO)ccc1OC(=O)c1ccc([N+](=O)[O-])o1. The maximum atomic E-state index is 11.8. The predicted octanol–water partition coefficient (Wildman–Crippen LogP) is 1.91. The zero-order valence-corrected chi connectivity index (χ0v) is 10.9. The van der Waals surface area contributed by atoms with Crippen LogP contribution in [0.1, 0.15) is 16.1 Å². The molecule has 0 aliphatic carbocycles. The molecule has 0 saturated carbocycles. The highest BCUT2D eigenvalue weighted by molar-refractivity contribution is 5.88. The molecule has 0 aliphatic heterocycles. The third-order valence-electron chi connectivity index (χ3n) is 2.59. The molecule has 8 nitrogen and oxygen atoms in total. The third-order valence-corrected chi connectivity index (χ3v) is 2.59. The molecule has 2 rings (SSSR count). The Kier molecular flexibility index (Phi) is 4.19. The highest BCUT2D eigenvalue weighted by Gasteiger charge is 2.20. The van der Waals surface area contributed by atoms with Crippen LogP contribution < -0.4 is 9.47 Å². The van der Waals surface area contributed by atoms with Gasteiger partial charge in [0.05, 0.1) is 19.8 Å². The molecule has 0 bridgehead atoms. The molecule has 1 N–H and O–H groups in total. The van der Waals surface area contributed by atoms with E-state index in [4.69, 9.17) is 19.0 Å². The summed E-state index contributed by atoms with van der Waals surface area (Å²) in [5.41, 5.74) is 0.584. The smallest absolute Gasteiger partial charge is 0.433 e. The molecule has 2 aromatic rings. The fourth-order valence-corrected chi connectivity index (χ4v) is 1.58. The molecule has 0 saturated heterocycles. The molecule has 0 spiro atoms. The Balaban J connectivity index is 2.20. The molecule has 1 aromatic heterocycles. The van der Waals surface area contributed by atoms with Crippen molar-refractivity contribution >= 4 is 11.9 Å². The monoisotopic (exact) mass is 293 g/mol. The summed E-state index contributed by atoms with van der Waals surface area (Å²) in [6.07, 6.45) is 0. The van der Waals surface area contributed by atoms with E-state index >= 15 is 0 Å². The van der Waals surface area contributed by atoms with Crippen LogP contribution in [0.2, 0.25) is 0 Å². The van der Waals surface area contributed by atoms with Gasteiger partial charge in [0.15, 0.2) is 11.5 Å². The van der Waals surface area contributed by atoms with Crippen LogP contribution >= 0.6 is 0 Å². The Morgan fingerprint density at radius 3 is 2.67 bits per heavy atom. The molecule has 0 amide bonds. The molecule has 0 aliphatic rings. The first-order chi connectivity index (χ1) is 10.0. The summed E-state index contributed by atoms with van der Waals surface area (Å²) in [7, 11) is 1.38. The Morgan fingerprint density at radius 2 is 2.10 bits per heavy atom. The predicted molar refractivity (Wildman–Crippen MR) is 69.2 cm³/mol. The molecule has 1 heterocycles. The number of methoxy groups -OCH3 is 1. The van der Waals surface area contributed by atoms with Crippen LogP contribution in [0.3, 0.4) is 0 Å². The van der Waals surface area contributed by atoms with Gasteiger partial charge in [-0.1, -0.05) is 6.07 Å². The summed E-state index contributed by atoms with van der Waals surface area (Å²) in [6, 6.07) is 6.71. The zero-order chi connectivity index (χ0) is 15.4. The van der Waals surface area contributed by atoms with E-state index in [0.717, 1.165) is 12.1 Å². The van der Waals surface area contributed by atoms with E-state index in [-0.39, 0.29) is 23.9 Å². The van der Waals surface area contributed by atoms with E-state index in [1.165, 1.54) is 19.2 Å². The summed E-state index contributed by atoms with van der Waals surface area (Å²) in [6.45, 7) is -0.186. The minimum Gasteiger partial charge on any atom is -0.493 e. The third kappa shape index (κ3) is 3.18. The topological polar surface area (TPSA) is 112 Å². The van der Waals surface area contributed by atoms with Crippen molar-refractivity contribution in [2.45, 2.75) is 6.61 Å². The Hall–Kier alpha value is -2.87. The summed E-state index contributed by atoms with van der Waals surface area (Å²) in [5, 5.41) is 19.5. The summed E-state index contributed by atoms with van der Waals surface area (Å²) < 4.78 is 14.8. The van der Waals surface area contributed by atoms with E-state index in [1.54, 1.807) is 6.07 Å². The molecule has 0 radical (unpaired) electrons. The largest absolute Gasteiger partial charge is 0.493 e. The average Bonchev–Trinajstić information content (AvgIpc) is 2.97. The Labute approximate surface area is 118 Å². The van der Waals surface area contributed by atoms with Crippen LogP contribution in [0, 0.1) is 10.1 Å². The molecule has 1 aromatic carbocycles. The fraction of sp³-hybridized carbons (Fsp3) is 0.154. The number of nitrogens with zero attached hydrogens (tertiary/aromatic N) is 1. The number of benzene rings is 1. The summed E-state index contributed by atoms with van der Waals surface area (Å²) >= 11 is 0. The Bertz CT molecular complexity index is 677. The molecular formula is C13H11NO7. The number of rotatable bonds is 5. The van der Waals surface area contributed by atoms with Crippen molar-refractivity contribution in [3.05, 3.63) is 51.8 Å². The lowest BCUT2D eigenvalue weighted by atomic mass is 10.2. The quantitative estimate of drug-likeness (QED) is 0.387. The minimum atomic E-state index is -0.891. The van der Waals surface area contributed by atoms with Crippen LogP contribution in [-0.4, -0.2) is 23.1 Å². The first-order valence-electron chi connectivity index (χ1n) is 5.79. The molecule has 8 heteroatoms. The van der Waals surface area contributed by atoms with Crippen molar-refractivity contribution in [3.8, 4) is 11.5 Å². The van der Waals surface area contributed by atoms with Crippen LogP contribution in [0.4, 0.5) is 5.88 Å². The summed E-state index contributed by atoms with van der Waals surface area (Å²) in [5.74, 6) is -1.38. The number of nitro groups is 1. The van der Waals surface area contributed by atoms with Crippen LogP contribution in [0.25, 0.3) is 0 Å². The van der Waals surface area contributed by atoms with Gasteiger partial charge in [0.1, 0.15) is 4.92 Å². The maximum Gasteiger partial charge on any atom is 0.433 e. The number of aliphatic hydroxyl groups excluding tert-OH is 1. The van der Waals surface area contributed by atoms with Crippen LogP contribution in [0.5, 0.6) is 11.5 Å². The molecular weight excluding hydrogens is 282 g/mol. The number of ether oxygens (including phenoxy) is 2. The second-order valence-corrected chi connectivity index (χ2v) is 3.93.